The highest BCUT2D eigenvalue weighted by atomic mass is 16.5. The number of hydrogen-bond acceptors (Lipinski definition) is 4. The third-order valence-electron chi connectivity index (χ3n) is 13.9. The van der Waals surface area contributed by atoms with Crippen LogP contribution in [0.3, 0.4) is 0 Å². The third kappa shape index (κ3) is 5.90. The predicted molar refractivity (Wildman–Crippen MR) is 286 cm³/mol. The van der Waals surface area contributed by atoms with Crippen LogP contribution in [0.1, 0.15) is 40.0 Å². The van der Waals surface area contributed by atoms with E-state index in [0.717, 1.165) is 60.5 Å². The van der Waals surface area contributed by atoms with E-state index in [2.05, 4.69) is 80.2 Å². The predicted octanol–water partition coefficient (Wildman–Crippen LogP) is 16.4. The van der Waals surface area contributed by atoms with Crippen molar-refractivity contribution in [1.82, 2.24) is 14.0 Å². The van der Waals surface area contributed by atoms with Crippen molar-refractivity contribution in [1.29, 1.82) is 0 Å². The molecule has 7 nitrogen and oxygen atoms in total. The summed E-state index contributed by atoms with van der Waals surface area (Å²) in [6, 6.07) is 37.6. The Hall–Kier alpha value is -9.20. The largest absolute Gasteiger partial charge is 0.458 e. The summed E-state index contributed by atoms with van der Waals surface area (Å²) < 4.78 is 115. The van der Waals surface area contributed by atoms with Crippen molar-refractivity contribution < 1.29 is 31.8 Å². The highest BCUT2D eigenvalue weighted by Gasteiger charge is 2.28. The van der Waals surface area contributed by atoms with Gasteiger partial charge in [0.05, 0.1) is 47.0 Å². The number of pyridine rings is 1. The van der Waals surface area contributed by atoms with Crippen molar-refractivity contribution in [3.8, 4) is 56.4 Å². The molecule has 6 aromatic heterocycles. The summed E-state index contributed by atoms with van der Waals surface area (Å²) in [5, 5.41) is 5.08. The van der Waals surface area contributed by atoms with Gasteiger partial charge in [-0.3, -0.25) is 13.5 Å². The topological polar surface area (TPSA) is 61.6 Å². The van der Waals surface area contributed by atoms with Gasteiger partial charge in [-0.15, -0.1) is 0 Å². The van der Waals surface area contributed by atoms with E-state index < -0.39 is 60.4 Å². The smallest absolute Gasteiger partial charge is 0.269 e. The number of furan rings is 2. The molecule has 0 bridgehead atoms. The van der Waals surface area contributed by atoms with Gasteiger partial charge in [-0.2, -0.15) is 0 Å². The van der Waals surface area contributed by atoms with Gasteiger partial charge >= 0.3 is 0 Å². The molecule has 0 aliphatic carbocycles. The molecule has 0 saturated heterocycles. The van der Waals surface area contributed by atoms with Crippen LogP contribution in [0.2, 0.25) is 0 Å². The van der Waals surface area contributed by atoms with Crippen molar-refractivity contribution in [3.63, 3.8) is 0 Å². The SMILES string of the molecule is [2H]c1c([2H])c([2H])c(-c2cccc(-c3c([2H])c([2H])c([2H])c([2H])c3[2H])c2-[n+]2[c-]n3c4cc(Oc5ccc6c7cc(-c8ccccc8)ccc7n(-c7cc(C(C)(C)C)ccn7)c6c5)cc5oc6ccc7oc8ccc2c3c8c7c6c54)c([2H])c1[2H]. The van der Waals surface area contributed by atoms with Gasteiger partial charge in [0, 0.05) is 50.6 Å². The van der Waals surface area contributed by atoms with Crippen LogP contribution in [0.4, 0.5) is 0 Å². The maximum absolute atomic E-state index is 9.22. The van der Waals surface area contributed by atoms with Crippen molar-refractivity contribution >= 4 is 82.2 Å². The Morgan fingerprint density at radius 2 is 1.24 bits per heavy atom. The second-order valence-electron chi connectivity index (χ2n) is 19.0. The molecule has 0 N–H and O–H groups in total. The lowest BCUT2D eigenvalue weighted by Crippen LogP contribution is -2.31. The highest BCUT2D eigenvalue weighted by molar-refractivity contribution is 6.33. The van der Waals surface area contributed by atoms with E-state index in [1.54, 1.807) is 22.8 Å². The number of aromatic nitrogens is 4. The monoisotopic (exact) mass is 924 g/mol. The Morgan fingerprint density at radius 3 is 1.99 bits per heavy atom. The molecule has 0 saturated carbocycles. The van der Waals surface area contributed by atoms with Crippen molar-refractivity contribution in [2.24, 2.45) is 0 Å². The summed E-state index contributed by atoms with van der Waals surface area (Å²) in [5.41, 5.74) is 9.10. The summed E-state index contributed by atoms with van der Waals surface area (Å²) >= 11 is 0. The number of rotatable bonds is 7. The maximum Gasteiger partial charge on any atom is 0.269 e. The normalized spacial score (nSPS) is 14.4. The Balaban J connectivity index is 1.00. The molecule has 9 aromatic carbocycles. The van der Waals surface area contributed by atoms with E-state index in [1.807, 2.05) is 77.3 Å². The van der Waals surface area contributed by atoms with Crippen molar-refractivity contribution in [2.45, 2.75) is 26.2 Å². The molecule has 0 spiro atoms. The molecule has 0 aliphatic heterocycles. The number of imidazole rings is 1. The molecule has 15 aromatic rings. The third-order valence-corrected chi connectivity index (χ3v) is 13.9. The van der Waals surface area contributed by atoms with Crippen LogP contribution < -0.4 is 9.30 Å². The minimum absolute atomic E-state index is 0.129. The van der Waals surface area contributed by atoms with E-state index in [0.29, 0.717) is 55.8 Å². The van der Waals surface area contributed by atoms with Crippen molar-refractivity contribution in [2.75, 3.05) is 0 Å². The molecule has 0 radical (unpaired) electrons. The van der Waals surface area contributed by atoms with Crippen LogP contribution in [-0.4, -0.2) is 14.0 Å². The second kappa shape index (κ2) is 14.7. The van der Waals surface area contributed by atoms with Gasteiger partial charge in [-0.25, -0.2) is 4.98 Å². The zero-order valence-electron chi connectivity index (χ0n) is 48.3. The van der Waals surface area contributed by atoms with Gasteiger partial charge in [0.1, 0.15) is 39.6 Å². The first kappa shape index (κ1) is 31.0. The number of nitrogens with zero attached hydrogens (tertiary/aromatic N) is 4. The summed E-state index contributed by atoms with van der Waals surface area (Å²) in [6.07, 6.45) is 5.45. The number of hydrogen-bond donors (Lipinski definition) is 0. The number of benzene rings is 9. The van der Waals surface area contributed by atoms with Crippen LogP contribution in [0.15, 0.2) is 209 Å². The average molecular weight is 925 g/mol. The summed E-state index contributed by atoms with van der Waals surface area (Å²) in [5.74, 6) is 1.72. The minimum atomic E-state index is -0.583. The standard InChI is InChI=1S/C64H42N4O3/c1-64(2,3)42-30-31-65-57(33-42)68-49-25-22-41(38-14-7-4-8-15-38)32-48(49)47-24-23-43(34-51(47)68)69-44-35-52-58-56(36-44)71-53-28-29-54-60(59(53)58)61-55(70-54)27-26-50-63(61)67(52)37-66(50)62-45(39-16-9-5-10-17-39)20-13-21-46(62)40-18-11-6-12-19-40/h4-36H,1-3H3/i5D,6D,9D,10D,11D,12D,16D,17D,18D,19D. The Kier molecular flexibility index (Phi) is 6.41. The molecule has 71 heavy (non-hydrogen) atoms. The van der Waals surface area contributed by atoms with E-state index >= 15 is 0 Å². The molecular formula is C64H42N4O3. The molecule has 0 unspecified atom stereocenters. The van der Waals surface area contributed by atoms with E-state index in [-0.39, 0.29) is 33.4 Å². The summed E-state index contributed by atoms with van der Waals surface area (Å²) in [4.78, 5) is 4.94. The molecule has 336 valence electrons. The Labute approximate surface area is 421 Å². The zero-order valence-corrected chi connectivity index (χ0v) is 38.3. The molecular weight excluding hydrogens is 873 g/mol. The van der Waals surface area contributed by atoms with Gasteiger partial charge < -0.3 is 13.6 Å². The van der Waals surface area contributed by atoms with Gasteiger partial charge in [0.25, 0.3) is 6.33 Å². The van der Waals surface area contributed by atoms with E-state index in [1.165, 1.54) is 0 Å². The lowest BCUT2D eigenvalue weighted by atomic mass is 9.88. The first-order valence-electron chi connectivity index (χ1n) is 28.3. The number of para-hydroxylation sites is 1. The molecule has 15 rings (SSSR count). The number of ether oxygens (including phenoxy) is 1. The number of fused-ring (bicyclic) bond motifs is 4. The fraction of sp³-hybridized carbons (Fsp3) is 0.0625. The maximum atomic E-state index is 9.22. The molecule has 6 heterocycles. The van der Waals surface area contributed by atoms with Crippen LogP contribution in [0.5, 0.6) is 11.5 Å². The van der Waals surface area contributed by atoms with Crippen LogP contribution in [0, 0.1) is 6.33 Å². The molecule has 0 fully saturated rings. The molecule has 0 atom stereocenters. The van der Waals surface area contributed by atoms with E-state index in [9.17, 15) is 5.48 Å². The first-order chi connectivity index (χ1) is 39.0. The highest BCUT2D eigenvalue weighted by Crippen LogP contribution is 2.48. The molecule has 7 heteroatoms. The first-order valence-corrected chi connectivity index (χ1v) is 23.3. The Bertz CT molecular complexity index is 5060. The lowest BCUT2D eigenvalue weighted by Gasteiger charge is -2.20. The van der Waals surface area contributed by atoms with Gasteiger partial charge in [-0.05, 0) is 111 Å². The second-order valence-corrected chi connectivity index (χ2v) is 19.0. The van der Waals surface area contributed by atoms with Gasteiger partial charge in [0.2, 0.25) is 0 Å². The molecule has 0 aliphatic rings. The quantitative estimate of drug-likeness (QED) is 0.118. The fourth-order valence-corrected chi connectivity index (χ4v) is 10.7. The van der Waals surface area contributed by atoms with Crippen molar-refractivity contribution in [3.05, 3.63) is 212 Å². The Morgan fingerprint density at radius 1 is 0.549 bits per heavy atom. The van der Waals surface area contributed by atoms with Gasteiger partial charge in [-0.1, -0.05) is 136 Å². The van der Waals surface area contributed by atoms with Crippen LogP contribution in [-0.2, 0) is 5.41 Å². The van der Waals surface area contributed by atoms with E-state index in [4.69, 9.17) is 26.8 Å². The molecule has 0 amide bonds. The summed E-state index contributed by atoms with van der Waals surface area (Å²) in [7, 11) is 0. The minimum Gasteiger partial charge on any atom is -0.458 e. The van der Waals surface area contributed by atoms with Crippen LogP contribution in [0.25, 0.3) is 127 Å². The van der Waals surface area contributed by atoms with Gasteiger partial charge in [0.15, 0.2) is 0 Å². The summed E-state index contributed by atoms with van der Waals surface area (Å²) in [6.45, 7) is 6.55. The fourth-order valence-electron chi connectivity index (χ4n) is 10.7. The lowest BCUT2D eigenvalue weighted by molar-refractivity contribution is -0.570. The van der Waals surface area contributed by atoms with Crippen LogP contribution >= 0.6 is 0 Å². The average Bonchev–Trinajstić information content (AvgIpc) is 2.64. The zero-order chi connectivity index (χ0) is 55.8.